The summed E-state index contributed by atoms with van der Waals surface area (Å²) in [7, 11) is 0. The van der Waals surface area contributed by atoms with Crippen LogP contribution in [0.4, 0.5) is 5.69 Å². The number of ketones is 1. The number of fused-ring (bicyclic) bond motifs is 4. The number of amides is 1. The SMILES string of the molecule is CCCCCCCCCCC(CCCCCCCC)CCc1csc2ccccc12.CCCCCCCCCCC(CCCCCCCC)CN1C(=O)C(=O)c2sc3ccccc3c21. The van der Waals surface area contributed by atoms with Crippen LogP contribution in [0.15, 0.2) is 53.9 Å². The molecule has 2 atom stereocenters. The monoisotopic (exact) mass is 912 g/mol. The summed E-state index contributed by atoms with van der Waals surface area (Å²) < 4.78 is 2.57. The molecular weight excluding hydrogens is 819 g/mol. The Morgan fingerprint density at radius 2 is 0.859 bits per heavy atom. The fraction of sp³-hybridized carbons (Fsp3) is 0.695. The van der Waals surface area contributed by atoms with E-state index in [9.17, 15) is 9.59 Å². The molecule has 0 saturated heterocycles. The molecule has 0 radical (unpaired) electrons. The van der Waals surface area contributed by atoms with E-state index in [4.69, 9.17) is 0 Å². The van der Waals surface area contributed by atoms with Gasteiger partial charge in [0, 0.05) is 21.3 Å². The molecule has 3 nitrogen and oxygen atoms in total. The Labute approximate surface area is 401 Å². The van der Waals surface area contributed by atoms with Crippen molar-refractivity contribution >= 4 is 60.2 Å². The van der Waals surface area contributed by atoms with Crippen LogP contribution in [-0.2, 0) is 11.2 Å². The van der Waals surface area contributed by atoms with Crippen LogP contribution < -0.4 is 4.90 Å². The van der Waals surface area contributed by atoms with E-state index in [0.717, 1.165) is 28.1 Å². The normalized spacial score (nSPS) is 13.5. The Bertz CT molecular complexity index is 1800. The molecule has 2 unspecified atom stereocenters. The van der Waals surface area contributed by atoms with Crippen molar-refractivity contribution in [1.29, 1.82) is 0 Å². The van der Waals surface area contributed by atoms with Gasteiger partial charge in [0.1, 0.15) is 4.88 Å². The van der Waals surface area contributed by atoms with E-state index in [1.54, 1.807) is 5.56 Å². The maximum Gasteiger partial charge on any atom is 0.300 e. The summed E-state index contributed by atoms with van der Waals surface area (Å²) in [6.45, 7) is 9.85. The van der Waals surface area contributed by atoms with Gasteiger partial charge in [-0.3, -0.25) is 9.59 Å². The lowest BCUT2D eigenvalue weighted by atomic mass is 9.89. The number of rotatable bonds is 37. The molecule has 0 saturated carbocycles. The van der Waals surface area contributed by atoms with Crippen molar-refractivity contribution in [3.8, 4) is 0 Å². The van der Waals surface area contributed by atoms with Gasteiger partial charge in [-0.2, -0.15) is 0 Å². The standard InChI is InChI=1S/C30H45NO2S.C29H48S/c1-3-5-7-9-11-12-14-16-20-24(19-15-13-10-8-6-4-2)23-31-27-25-21-17-18-22-26(25)34-29(27)28(32)30(31)33;1-3-5-7-9-11-12-14-16-20-26(19-15-13-10-8-6-4-2)23-24-27-25-30-29-22-18-17-21-28(27)29/h17-18,21-22,24H,3-16,19-20,23H2,1-2H3;17-18,21-22,25-26H,3-16,19-20,23-24H2,1-2H3. The highest BCUT2D eigenvalue weighted by molar-refractivity contribution is 7.22. The van der Waals surface area contributed by atoms with Gasteiger partial charge in [0.25, 0.3) is 11.7 Å². The predicted octanol–water partition coefficient (Wildman–Crippen LogP) is 20.1. The third-order valence-electron chi connectivity index (χ3n) is 14.2. The fourth-order valence-electron chi connectivity index (χ4n) is 10.1. The first-order valence-electron chi connectivity index (χ1n) is 27.3. The Morgan fingerprint density at radius 1 is 0.453 bits per heavy atom. The molecule has 0 N–H and O–H groups in total. The van der Waals surface area contributed by atoms with Crippen molar-refractivity contribution in [2.75, 3.05) is 11.4 Å². The average Bonchev–Trinajstić information content (AvgIpc) is 3.98. The Morgan fingerprint density at radius 3 is 1.34 bits per heavy atom. The minimum Gasteiger partial charge on any atom is -0.303 e. The van der Waals surface area contributed by atoms with Crippen LogP contribution in [0.5, 0.6) is 0 Å². The average molecular weight is 913 g/mol. The molecule has 4 aromatic rings. The number of hydrogen-bond donors (Lipinski definition) is 0. The van der Waals surface area contributed by atoms with Gasteiger partial charge in [0.15, 0.2) is 0 Å². The Hall–Kier alpha value is -2.50. The molecule has 0 fully saturated rings. The van der Waals surface area contributed by atoms with Gasteiger partial charge in [0.2, 0.25) is 0 Å². The van der Waals surface area contributed by atoms with E-state index in [1.807, 2.05) is 28.4 Å². The van der Waals surface area contributed by atoms with Crippen molar-refractivity contribution in [1.82, 2.24) is 0 Å². The lowest BCUT2D eigenvalue weighted by molar-refractivity contribution is -0.114. The zero-order valence-corrected chi connectivity index (χ0v) is 43.3. The number of carbonyl (C=O) groups is 2. The van der Waals surface area contributed by atoms with Gasteiger partial charge in [-0.25, -0.2) is 0 Å². The minimum absolute atomic E-state index is 0.304. The minimum atomic E-state index is -0.309. The van der Waals surface area contributed by atoms with Crippen molar-refractivity contribution < 1.29 is 9.59 Å². The zero-order chi connectivity index (χ0) is 45.5. The second kappa shape index (κ2) is 33.9. The second-order valence-corrected chi connectivity index (χ2v) is 21.7. The number of nitrogens with zero attached hydrogens (tertiary/aromatic N) is 1. The lowest BCUT2D eigenvalue weighted by Gasteiger charge is -2.24. The molecule has 1 aliphatic heterocycles. The smallest absolute Gasteiger partial charge is 0.300 e. The van der Waals surface area contributed by atoms with Crippen molar-refractivity contribution in [2.24, 2.45) is 11.8 Å². The van der Waals surface area contributed by atoms with Gasteiger partial charge < -0.3 is 4.90 Å². The number of unbranched alkanes of at least 4 members (excludes halogenated alkanes) is 24. The molecule has 1 aliphatic rings. The largest absolute Gasteiger partial charge is 0.303 e. The van der Waals surface area contributed by atoms with Crippen LogP contribution in [0.3, 0.4) is 0 Å². The van der Waals surface area contributed by atoms with Crippen LogP contribution in [0, 0.1) is 11.8 Å². The van der Waals surface area contributed by atoms with Crippen molar-refractivity contribution in [3.05, 3.63) is 64.4 Å². The highest BCUT2D eigenvalue weighted by Gasteiger charge is 2.40. The van der Waals surface area contributed by atoms with E-state index in [1.165, 1.54) is 233 Å². The first kappa shape index (κ1) is 54.1. The molecule has 0 bridgehead atoms. The number of hydrogen-bond acceptors (Lipinski definition) is 4. The highest BCUT2D eigenvalue weighted by Crippen LogP contribution is 2.43. The maximum absolute atomic E-state index is 12.9. The van der Waals surface area contributed by atoms with Crippen LogP contribution in [0.1, 0.15) is 255 Å². The quantitative estimate of drug-likeness (QED) is 0.0334. The molecule has 5 rings (SSSR count). The summed E-state index contributed by atoms with van der Waals surface area (Å²) in [5.74, 6) is 0.806. The van der Waals surface area contributed by atoms with Gasteiger partial charge in [-0.15, -0.1) is 22.7 Å². The van der Waals surface area contributed by atoms with Crippen LogP contribution in [-0.4, -0.2) is 18.2 Å². The maximum atomic E-state index is 12.9. The number of thiophene rings is 2. The number of carbonyl (C=O) groups excluding carboxylic acids is 2. The molecule has 0 aliphatic carbocycles. The Kier molecular flexibility index (Phi) is 28.7. The molecule has 358 valence electrons. The van der Waals surface area contributed by atoms with Gasteiger partial charge in [0.05, 0.1) is 5.69 Å². The van der Waals surface area contributed by atoms with E-state index < -0.39 is 0 Å². The van der Waals surface area contributed by atoms with Gasteiger partial charge >= 0.3 is 0 Å². The number of anilines is 1. The predicted molar refractivity (Wildman–Crippen MR) is 286 cm³/mol. The third-order valence-corrected chi connectivity index (χ3v) is 16.3. The van der Waals surface area contributed by atoms with Crippen LogP contribution >= 0.6 is 22.7 Å². The summed E-state index contributed by atoms with van der Waals surface area (Å²) >= 11 is 3.41. The molecule has 0 spiro atoms. The van der Waals surface area contributed by atoms with Crippen molar-refractivity contribution in [2.45, 2.75) is 246 Å². The first-order valence-corrected chi connectivity index (χ1v) is 29.0. The molecular formula is C59H93NO2S2. The molecule has 2 aromatic heterocycles. The zero-order valence-electron chi connectivity index (χ0n) is 41.7. The van der Waals surface area contributed by atoms with E-state index in [-0.39, 0.29) is 11.7 Å². The summed E-state index contributed by atoms with van der Waals surface area (Å²) in [4.78, 5) is 28.2. The molecule has 1 amide bonds. The topological polar surface area (TPSA) is 37.4 Å². The number of aryl methyl sites for hydroxylation is 1. The summed E-state index contributed by atoms with van der Waals surface area (Å²) in [6.07, 6.45) is 46.5. The van der Waals surface area contributed by atoms with E-state index in [2.05, 4.69) is 69.5 Å². The van der Waals surface area contributed by atoms with E-state index >= 15 is 0 Å². The number of benzene rings is 2. The second-order valence-electron chi connectivity index (χ2n) is 19.7. The molecule has 5 heteroatoms. The molecule has 3 heterocycles. The van der Waals surface area contributed by atoms with Gasteiger partial charge in [-0.05, 0) is 66.0 Å². The summed E-state index contributed by atoms with van der Waals surface area (Å²) in [5.41, 5.74) is 2.49. The van der Waals surface area contributed by atoms with Crippen LogP contribution in [0.25, 0.3) is 20.2 Å². The fourth-order valence-corrected chi connectivity index (χ4v) is 12.2. The Balaban J connectivity index is 0.000000283. The first-order chi connectivity index (χ1) is 31.5. The van der Waals surface area contributed by atoms with Crippen molar-refractivity contribution in [3.63, 3.8) is 0 Å². The summed E-state index contributed by atoms with van der Waals surface area (Å²) in [6, 6.07) is 17.1. The number of Topliss-reactive ketones (excluding diaryl/α,β-unsaturated/α-hetero) is 1. The van der Waals surface area contributed by atoms with E-state index in [0.29, 0.717) is 17.3 Å². The molecule has 2 aromatic carbocycles. The van der Waals surface area contributed by atoms with Gasteiger partial charge in [-0.1, -0.05) is 257 Å². The van der Waals surface area contributed by atoms with Crippen LogP contribution in [0.2, 0.25) is 0 Å². The molecule has 64 heavy (non-hydrogen) atoms. The lowest BCUT2D eigenvalue weighted by Crippen LogP contribution is -2.34. The summed E-state index contributed by atoms with van der Waals surface area (Å²) in [5, 5.41) is 4.99. The third kappa shape index (κ3) is 19.8. The highest BCUT2D eigenvalue weighted by atomic mass is 32.1.